The minimum Gasteiger partial charge on any atom is -0.369 e. The summed E-state index contributed by atoms with van der Waals surface area (Å²) >= 11 is 0. The first-order valence-electron chi connectivity index (χ1n) is 6.86. The molecule has 1 aliphatic heterocycles. The smallest absolute Gasteiger partial charge is 0.271 e. The van der Waals surface area contributed by atoms with Gasteiger partial charge in [0, 0.05) is 50.5 Å². The Balaban J connectivity index is 2.00. The average molecular weight is 308 g/mol. The summed E-state index contributed by atoms with van der Waals surface area (Å²) < 4.78 is 28.4. The molecule has 1 fully saturated rings. The summed E-state index contributed by atoms with van der Waals surface area (Å²) in [6.07, 6.45) is 4.38. The molecule has 0 spiro atoms. The van der Waals surface area contributed by atoms with Gasteiger partial charge >= 0.3 is 0 Å². The number of alkyl halides is 2. The second kappa shape index (κ2) is 5.36. The number of nitro benzene ring substituents is 1. The van der Waals surface area contributed by atoms with Crippen molar-refractivity contribution in [2.75, 3.05) is 18.0 Å². The van der Waals surface area contributed by atoms with Gasteiger partial charge < -0.3 is 9.47 Å². The van der Waals surface area contributed by atoms with E-state index >= 15 is 0 Å². The van der Waals surface area contributed by atoms with Gasteiger partial charge in [0.05, 0.1) is 22.6 Å². The first-order chi connectivity index (χ1) is 10.5. The summed E-state index contributed by atoms with van der Waals surface area (Å²) in [5, 5.41) is 11.0. The van der Waals surface area contributed by atoms with Gasteiger partial charge in [-0.25, -0.2) is 13.8 Å². The van der Waals surface area contributed by atoms with Crippen LogP contribution in [0.2, 0.25) is 0 Å². The van der Waals surface area contributed by atoms with Crippen molar-refractivity contribution in [2.24, 2.45) is 0 Å². The highest BCUT2D eigenvalue weighted by molar-refractivity contribution is 5.67. The Morgan fingerprint density at radius 2 is 1.95 bits per heavy atom. The Kier molecular flexibility index (Phi) is 3.51. The molecule has 2 heterocycles. The van der Waals surface area contributed by atoms with E-state index in [2.05, 4.69) is 4.98 Å². The van der Waals surface area contributed by atoms with Crippen LogP contribution >= 0.6 is 0 Å². The summed E-state index contributed by atoms with van der Waals surface area (Å²) in [6.45, 7) is 0.325. The fourth-order valence-corrected chi connectivity index (χ4v) is 2.57. The summed E-state index contributed by atoms with van der Waals surface area (Å²) in [4.78, 5) is 16.2. The largest absolute Gasteiger partial charge is 0.369 e. The fraction of sp³-hybridized carbons (Fsp3) is 0.357. The molecule has 8 heteroatoms. The highest BCUT2D eigenvalue weighted by Gasteiger charge is 2.35. The van der Waals surface area contributed by atoms with Gasteiger partial charge in [-0.2, -0.15) is 0 Å². The van der Waals surface area contributed by atoms with Gasteiger partial charge in [0.2, 0.25) is 0 Å². The summed E-state index contributed by atoms with van der Waals surface area (Å²) in [7, 11) is 0. The highest BCUT2D eigenvalue weighted by atomic mass is 19.3. The summed E-state index contributed by atoms with van der Waals surface area (Å²) in [6, 6.07) is 4.44. The molecular formula is C14H14F2N4O2. The third-order valence-corrected chi connectivity index (χ3v) is 3.79. The van der Waals surface area contributed by atoms with E-state index in [0.717, 1.165) is 0 Å². The number of hydrogen-bond donors (Lipinski definition) is 0. The van der Waals surface area contributed by atoms with Gasteiger partial charge in [-0.15, -0.1) is 0 Å². The van der Waals surface area contributed by atoms with E-state index in [-0.39, 0.29) is 31.6 Å². The highest BCUT2D eigenvalue weighted by Crippen LogP contribution is 2.35. The van der Waals surface area contributed by atoms with E-state index in [0.29, 0.717) is 11.4 Å². The Morgan fingerprint density at radius 1 is 1.23 bits per heavy atom. The molecule has 0 unspecified atom stereocenters. The maximum absolute atomic E-state index is 13.3. The zero-order chi connectivity index (χ0) is 15.7. The van der Waals surface area contributed by atoms with Crippen LogP contribution in [-0.4, -0.2) is 33.5 Å². The van der Waals surface area contributed by atoms with E-state index in [9.17, 15) is 18.9 Å². The predicted molar refractivity (Wildman–Crippen MR) is 76.6 cm³/mol. The number of nitrogens with zero attached hydrogens (tertiary/aromatic N) is 4. The van der Waals surface area contributed by atoms with Crippen LogP contribution in [0.3, 0.4) is 0 Å². The van der Waals surface area contributed by atoms with Crippen molar-refractivity contribution in [2.45, 2.75) is 18.8 Å². The predicted octanol–water partition coefficient (Wildman–Crippen LogP) is 3.02. The number of anilines is 1. The number of hydrogen-bond acceptors (Lipinski definition) is 4. The molecule has 0 radical (unpaired) electrons. The molecule has 0 aliphatic carbocycles. The standard InChI is InChI=1S/C14H14F2N4O2/c15-14(16)3-6-18(7-4-14)13-9-11(20(21)22)1-2-12(13)19-8-5-17-10-19/h1-2,5,8-10H,3-4,6-7H2. The molecule has 0 saturated carbocycles. The van der Waals surface area contributed by atoms with Crippen LogP contribution in [0.5, 0.6) is 0 Å². The quantitative estimate of drug-likeness (QED) is 0.646. The number of benzene rings is 1. The van der Waals surface area contributed by atoms with Gasteiger partial charge in [-0.3, -0.25) is 10.1 Å². The van der Waals surface area contributed by atoms with Gasteiger partial charge in [-0.1, -0.05) is 0 Å². The lowest BCUT2D eigenvalue weighted by Crippen LogP contribution is -2.39. The third-order valence-electron chi connectivity index (χ3n) is 3.79. The number of nitro groups is 1. The number of rotatable bonds is 3. The van der Waals surface area contributed by atoms with Crippen LogP contribution < -0.4 is 4.90 Å². The van der Waals surface area contributed by atoms with Gasteiger partial charge in [0.15, 0.2) is 0 Å². The van der Waals surface area contributed by atoms with E-state index in [1.807, 2.05) is 0 Å². The monoisotopic (exact) mass is 308 g/mol. The van der Waals surface area contributed by atoms with Crippen molar-refractivity contribution >= 4 is 11.4 Å². The molecule has 0 amide bonds. The Hall–Kier alpha value is -2.51. The summed E-state index contributed by atoms with van der Waals surface area (Å²) in [5.74, 6) is -2.66. The van der Waals surface area contributed by atoms with Crippen LogP contribution in [0.1, 0.15) is 12.8 Å². The van der Waals surface area contributed by atoms with Crippen LogP contribution in [0.15, 0.2) is 36.9 Å². The van der Waals surface area contributed by atoms with E-state index in [1.54, 1.807) is 34.3 Å². The van der Waals surface area contributed by atoms with Gasteiger partial charge in [0.1, 0.15) is 0 Å². The second-order valence-electron chi connectivity index (χ2n) is 5.24. The molecule has 1 aromatic carbocycles. The molecule has 1 saturated heterocycles. The SMILES string of the molecule is O=[N+]([O-])c1ccc(-n2ccnc2)c(N2CCC(F)(F)CC2)c1. The molecule has 22 heavy (non-hydrogen) atoms. The number of non-ortho nitro benzene ring substituents is 1. The van der Waals surface area contributed by atoms with Gasteiger partial charge in [-0.05, 0) is 6.07 Å². The number of imidazole rings is 1. The van der Waals surface area contributed by atoms with Crippen molar-refractivity contribution in [3.05, 3.63) is 47.0 Å². The zero-order valence-corrected chi connectivity index (χ0v) is 11.7. The minimum atomic E-state index is -2.66. The molecule has 2 aromatic rings. The normalized spacial score (nSPS) is 17.5. The fourth-order valence-electron chi connectivity index (χ4n) is 2.57. The lowest BCUT2D eigenvalue weighted by Gasteiger charge is -2.34. The molecule has 116 valence electrons. The first-order valence-corrected chi connectivity index (χ1v) is 6.86. The van der Waals surface area contributed by atoms with Crippen molar-refractivity contribution in [1.29, 1.82) is 0 Å². The topological polar surface area (TPSA) is 64.2 Å². The van der Waals surface area contributed by atoms with Crippen LogP contribution in [-0.2, 0) is 0 Å². The molecule has 0 bridgehead atoms. The number of halogens is 2. The van der Waals surface area contributed by atoms with Crippen molar-refractivity contribution < 1.29 is 13.7 Å². The Bertz CT molecular complexity index is 678. The second-order valence-corrected chi connectivity index (χ2v) is 5.24. The number of aromatic nitrogens is 2. The zero-order valence-electron chi connectivity index (χ0n) is 11.7. The lowest BCUT2D eigenvalue weighted by molar-refractivity contribution is -0.384. The molecule has 6 nitrogen and oxygen atoms in total. The van der Waals surface area contributed by atoms with Crippen molar-refractivity contribution in [1.82, 2.24) is 9.55 Å². The summed E-state index contributed by atoms with van der Waals surface area (Å²) in [5.41, 5.74) is 1.20. The first kappa shape index (κ1) is 14.4. The average Bonchev–Trinajstić information content (AvgIpc) is 3.00. The molecular weight excluding hydrogens is 294 g/mol. The van der Waals surface area contributed by atoms with Crippen molar-refractivity contribution in [3.8, 4) is 5.69 Å². The lowest BCUT2D eigenvalue weighted by atomic mass is 10.1. The molecule has 1 aromatic heterocycles. The minimum absolute atomic E-state index is 0.0591. The van der Waals surface area contributed by atoms with E-state index < -0.39 is 10.8 Å². The van der Waals surface area contributed by atoms with E-state index in [1.165, 1.54) is 12.1 Å². The molecule has 0 N–H and O–H groups in total. The maximum atomic E-state index is 13.3. The van der Waals surface area contributed by atoms with Crippen LogP contribution in [0.25, 0.3) is 5.69 Å². The van der Waals surface area contributed by atoms with Crippen LogP contribution in [0.4, 0.5) is 20.2 Å². The molecule has 1 aliphatic rings. The van der Waals surface area contributed by atoms with Gasteiger partial charge in [0.25, 0.3) is 11.6 Å². The maximum Gasteiger partial charge on any atom is 0.271 e. The van der Waals surface area contributed by atoms with Crippen molar-refractivity contribution in [3.63, 3.8) is 0 Å². The third kappa shape index (κ3) is 2.76. The van der Waals surface area contributed by atoms with Crippen LogP contribution in [0, 0.1) is 10.1 Å². The molecule has 0 atom stereocenters. The molecule has 3 rings (SSSR count). The Labute approximate surface area is 125 Å². The van der Waals surface area contributed by atoms with E-state index in [4.69, 9.17) is 0 Å². The number of piperidine rings is 1. The Morgan fingerprint density at radius 3 is 2.55 bits per heavy atom.